The summed E-state index contributed by atoms with van der Waals surface area (Å²) in [6.07, 6.45) is 3.80. The monoisotopic (exact) mass is 317 g/mol. The van der Waals surface area contributed by atoms with Gasteiger partial charge < -0.3 is 5.32 Å². The molecule has 112 valence electrons. The largest absolute Gasteiger partial charge is 0.308 e. The molecule has 0 bridgehead atoms. The Morgan fingerprint density at radius 3 is 2.20 bits per heavy atom. The molecular formula is C13H19NO4S2. The zero-order valence-electron chi connectivity index (χ0n) is 11.8. The van der Waals surface area contributed by atoms with Crippen LogP contribution in [0.25, 0.3) is 0 Å². The van der Waals surface area contributed by atoms with Gasteiger partial charge in [-0.05, 0) is 37.9 Å². The normalized spacial score (nSPS) is 23.9. The minimum absolute atomic E-state index is 0.0700. The number of hydrogen-bond acceptors (Lipinski definition) is 5. The number of hydrogen-bond donors (Lipinski definition) is 1. The lowest BCUT2D eigenvalue weighted by atomic mass is 9.90. The van der Waals surface area contributed by atoms with Gasteiger partial charge in [0, 0.05) is 18.1 Å². The average Bonchev–Trinajstić information content (AvgIpc) is 2.74. The number of sulfone groups is 2. The molecule has 0 aromatic heterocycles. The van der Waals surface area contributed by atoms with Crippen LogP contribution in [0.3, 0.4) is 0 Å². The lowest BCUT2D eigenvalue weighted by Gasteiger charge is -2.28. The molecule has 20 heavy (non-hydrogen) atoms. The molecule has 2 rings (SSSR count). The van der Waals surface area contributed by atoms with Gasteiger partial charge in [0.05, 0.1) is 9.79 Å². The van der Waals surface area contributed by atoms with E-state index < -0.39 is 25.2 Å². The first-order valence-electron chi connectivity index (χ1n) is 6.34. The Bertz CT molecular complexity index is 730. The maximum atomic E-state index is 12.1. The van der Waals surface area contributed by atoms with Crippen molar-refractivity contribution in [3.8, 4) is 0 Å². The van der Waals surface area contributed by atoms with Gasteiger partial charge in [0.15, 0.2) is 19.7 Å². The van der Waals surface area contributed by atoms with Crippen LogP contribution in [0.1, 0.15) is 25.3 Å². The van der Waals surface area contributed by atoms with Crippen LogP contribution >= 0.6 is 0 Å². The third-order valence-electron chi connectivity index (χ3n) is 3.71. The Morgan fingerprint density at radius 2 is 1.75 bits per heavy atom. The molecule has 1 aliphatic rings. The van der Waals surface area contributed by atoms with Gasteiger partial charge in [-0.15, -0.1) is 0 Å². The Kier molecular flexibility index (Phi) is 3.73. The molecule has 0 amide bonds. The van der Waals surface area contributed by atoms with Crippen molar-refractivity contribution < 1.29 is 16.8 Å². The molecule has 1 fully saturated rings. The van der Waals surface area contributed by atoms with E-state index in [2.05, 4.69) is 5.32 Å². The number of benzene rings is 1. The first-order chi connectivity index (χ1) is 9.06. The molecule has 1 atom stereocenters. The van der Waals surface area contributed by atoms with Gasteiger partial charge in [0.2, 0.25) is 0 Å². The lowest BCUT2D eigenvalue weighted by Crippen LogP contribution is -2.35. The highest BCUT2D eigenvalue weighted by Crippen LogP contribution is 2.37. The molecule has 0 radical (unpaired) electrons. The molecule has 5 nitrogen and oxygen atoms in total. The van der Waals surface area contributed by atoms with E-state index in [9.17, 15) is 16.8 Å². The average molecular weight is 317 g/mol. The van der Waals surface area contributed by atoms with Crippen molar-refractivity contribution >= 4 is 19.7 Å². The highest BCUT2D eigenvalue weighted by atomic mass is 32.2. The molecule has 1 heterocycles. The third-order valence-corrected chi connectivity index (χ3v) is 6.16. The smallest absolute Gasteiger partial charge is 0.177 e. The summed E-state index contributed by atoms with van der Waals surface area (Å²) in [4.78, 5) is -0.188. The molecule has 7 heteroatoms. The minimum Gasteiger partial charge on any atom is -0.308 e. The van der Waals surface area contributed by atoms with Crippen molar-refractivity contribution in [2.45, 2.75) is 35.1 Å². The summed E-state index contributed by atoms with van der Waals surface area (Å²) in [6.45, 7) is 2.71. The van der Waals surface area contributed by atoms with Crippen molar-refractivity contribution in [1.29, 1.82) is 0 Å². The maximum Gasteiger partial charge on any atom is 0.177 e. The molecule has 1 N–H and O–H groups in total. The predicted molar refractivity (Wildman–Crippen MR) is 77.3 cm³/mol. The summed E-state index contributed by atoms with van der Waals surface area (Å²) in [5.41, 5.74) is 0.0412. The highest BCUT2D eigenvalue weighted by Gasteiger charge is 2.36. The van der Waals surface area contributed by atoms with Gasteiger partial charge in [-0.3, -0.25) is 0 Å². The van der Waals surface area contributed by atoms with Gasteiger partial charge in [-0.25, -0.2) is 16.8 Å². The zero-order valence-corrected chi connectivity index (χ0v) is 13.4. The van der Waals surface area contributed by atoms with E-state index in [0.717, 1.165) is 31.9 Å². The van der Waals surface area contributed by atoms with Crippen molar-refractivity contribution in [3.05, 3.63) is 23.8 Å². The van der Waals surface area contributed by atoms with Crippen LogP contribution in [-0.4, -0.2) is 35.9 Å². The molecule has 1 aliphatic heterocycles. The Hall–Kier alpha value is -0.920. The topological polar surface area (TPSA) is 80.3 Å². The quantitative estimate of drug-likeness (QED) is 0.903. The van der Waals surface area contributed by atoms with E-state index >= 15 is 0 Å². The van der Waals surface area contributed by atoms with Crippen molar-refractivity contribution in [1.82, 2.24) is 5.32 Å². The third kappa shape index (κ3) is 2.75. The van der Waals surface area contributed by atoms with Crippen LogP contribution in [0, 0.1) is 0 Å². The number of rotatable bonds is 3. The van der Waals surface area contributed by atoms with Gasteiger partial charge in [-0.2, -0.15) is 0 Å². The number of nitrogens with one attached hydrogen (secondary N) is 1. The van der Waals surface area contributed by atoms with Crippen LogP contribution < -0.4 is 5.32 Å². The second-order valence-corrected chi connectivity index (χ2v) is 9.48. The van der Waals surface area contributed by atoms with Crippen LogP contribution in [0.5, 0.6) is 0 Å². The summed E-state index contributed by atoms with van der Waals surface area (Å²) in [7, 11) is -7.24. The standard InChI is InChI=1S/C13H19NO4S2/c1-13(8-5-9-14-13)10-6-4-7-11(19(2,15)16)12(10)20(3,17)18/h4,6-7,14H,5,8-9H2,1-3H3. The summed E-state index contributed by atoms with van der Waals surface area (Å²) < 4.78 is 48.0. The van der Waals surface area contributed by atoms with E-state index in [1.54, 1.807) is 12.1 Å². The van der Waals surface area contributed by atoms with Crippen LogP contribution in [-0.2, 0) is 25.2 Å². The van der Waals surface area contributed by atoms with Crippen LogP contribution in [0.15, 0.2) is 28.0 Å². The van der Waals surface area contributed by atoms with E-state index in [4.69, 9.17) is 0 Å². The Labute approximate surface area is 120 Å². The van der Waals surface area contributed by atoms with Crippen LogP contribution in [0.4, 0.5) is 0 Å². The van der Waals surface area contributed by atoms with E-state index in [0.29, 0.717) is 5.56 Å². The molecule has 1 aromatic rings. The Morgan fingerprint density at radius 1 is 1.10 bits per heavy atom. The van der Waals surface area contributed by atoms with E-state index in [-0.39, 0.29) is 9.79 Å². The summed E-state index contributed by atoms with van der Waals surface area (Å²) in [5, 5.41) is 3.28. The van der Waals surface area contributed by atoms with Gasteiger partial charge in [0.25, 0.3) is 0 Å². The molecular weight excluding hydrogens is 298 g/mol. The zero-order chi connectivity index (χ0) is 15.2. The molecule has 1 saturated heterocycles. The molecule has 0 saturated carbocycles. The fourth-order valence-corrected chi connectivity index (χ4v) is 5.56. The summed E-state index contributed by atoms with van der Waals surface area (Å²) >= 11 is 0. The van der Waals surface area contributed by atoms with Crippen molar-refractivity contribution in [2.24, 2.45) is 0 Å². The van der Waals surface area contributed by atoms with E-state index in [1.165, 1.54) is 6.07 Å². The fraction of sp³-hybridized carbons (Fsp3) is 0.538. The Balaban J connectivity index is 2.83. The van der Waals surface area contributed by atoms with Crippen molar-refractivity contribution in [3.63, 3.8) is 0 Å². The molecule has 0 aliphatic carbocycles. The SMILES string of the molecule is CC1(c2cccc(S(C)(=O)=O)c2S(C)(=O)=O)CCCN1. The fourth-order valence-electron chi connectivity index (χ4n) is 2.75. The molecule has 1 unspecified atom stereocenters. The van der Waals surface area contributed by atoms with E-state index in [1.807, 2.05) is 6.92 Å². The maximum absolute atomic E-state index is 12.1. The summed E-state index contributed by atoms with van der Waals surface area (Å²) in [6, 6.07) is 4.66. The van der Waals surface area contributed by atoms with Gasteiger partial charge >= 0.3 is 0 Å². The second kappa shape index (κ2) is 4.82. The van der Waals surface area contributed by atoms with Crippen molar-refractivity contribution in [2.75, 3.05) is 19.1 Å². The van der Waals surface area contributed by atoms with Gasteiger partial charge in [0.1, 0.15) is 0 Å². The van der Waals surface area contributed by atoms with Gasteiger partial charge in [-0.1, -0.05) is 12.1 Å². The first kappa shape index (κ1) is 15.5. The highest BCUT2D eigenvalue weighted by molar-refractivity contribution is 7.93. The minimum atomic E-state index is -3.64. The first-order valence-corrected chi connectivity index (χ1v) is 10.1. The molecule has 0 spiro atoms. The predicted octanol–water partition coefficient (Wildman–Crippen LogP) is 1.09. The second-order valence-electron chi connectivity index (χ2n) is 5.54. The summed E-state index contributed by atoms with van der Waals surface area (Å²) in [5.74, 6) is 0. The molecule has 1 aromatic carbocycles. The van der Waals surface area contributed by atoms with Crippen LogP contribution in [0.2, 0.25) is 0 Å². The lowest BCUT2D eigenvalue weighted by molar-refractivity contribution is 0.422.